The molecule has 0 aliphatic carbocycles. The molecule has 1 nitrogen and oxygen atoms in total. The zero-order chi connectivity index (χ0) is 12.6. The number of thiocarbonyl (C=S) groups is 1. The van der Waals surface area contributed by atoms with Crippen molar-refractivity contribution in [2.24, 2.45) is 0 Å². The summed E-state index contributed by atoms with van der Waals surface area (Å²) in [5, 5.41) is 3.26. The molecule has 0 aliphatic heterocycles. The Hall–Kier alpha value is 0.0306. The number of hydrogen-bond donors (Lipinski definition) is 1. The molecule has 0 fully saturated rings. The average molecular weight is 418 g/mol. The molecule has 2 aromatic rings. The van der Waals surface area contributed by atoms with Crippen molar-refractivity contribution in [3.05, 3.63) is 71.8 Å². The van der Waals surface area contributed by atoms with E-state index in [1.165, 1.54) is 11.1 Å². The van der Waals surface area contributed by atoms with Gasteiger partial charge in [-0.25, -0.2) is 0 Å². The summed E-state index contributed by atoms with van der Waals surface area (Å²) in [6, 6.07) is 20.7. The molecule has 2 aromatic carbocycles. The van der Waals surface area contributed by atoms with Crippen LogP contribution in [0.1, 0.15) is 11.1 Å². The van der Waals surface area contributed by atoms with Gasteiger partial charge in [0, 0.05) is 53.1 Å². The van der Waals surface area contributed by atoms with E-state index in [0.717, 1.165) is 16.6 Å². The normalized spacial score (nSPS) is 9.47. The van der Waals surface area contributed by atoms with Gasteiger partial charge in [-0.1, -0.05) is 84.6 Å². The summed E-state index contributed by atoms with van der Waals surface area (Å²) >= 11 is 6.97. The van der Waals surface area contributed by atoms with Gasteiger partial charge in [-0.15, -0.1) is 0 Å². The van der Waals surface area contributed by atoms with E-state index >= 15 is 0 Å². The first kappa shape index (κ1) is 17.1. The molecule has 2 rings (SSSR count). The second-order valence-corrected chi connectivity index (χ2v) is 5.55. The Labute approximate surface area is 157 Å². The molecule has 4 heteroatoms. The van der Waals surface area contributed by atoms with E-state index in [0.29, 0.717) is 0 Å². The largest absolute Gasteiger partial charge is 0.367 e. The van der Waals surface area contributed by atoms with Crippen LogP contribution in [0.2, 0.25) is 0 Å². The van der Waals surface area contributed by atoms with Gasteiger partial charge in [0.25, 0.3) is 0 Å². The minimum Gasteiger partial charge on any atom is -0.367 e. The molecule has 0 saturated heterocycles. The van der Waals surface area contributed by atoms with Crippen molar-refractivity contribution in [2.45, 2.75) is 12.3 Å². The van der Waals surface area contributed by atoms with Crippen LogP contribution in [0.25, 0.3) is 0 Å². The van der Waals surface area contributed by atoms with Crippen LogP contribution < -0.4 is 5.32 Å². The Morgan fingerprint density at radius 3 is 2.00 bits per heavy atom. The average Bonchev–Trinajstić information content (AvgIpc) is 2.45. The van der Waals surface area contributed by atoms with Gasteiger partial charge in [0.1, 0.15) is 4.32 Å². The monoisotopic (exact) mass is 415 g/mol. The van der Waals surface area contributed by atoms with E-state index in [9.17, 15) is 0 Å². The minimum absolute atomic E-state index is 0. The van der Waals surface area contributed by atoms with Crippen LogP contribution >= 0.6 is 24.0 Å². The molecule has 0 radical (unpaired) electrons. The van der Waals surface area contributed by atoms with Crippen molar-refractivity contribution < 1.29 is 40.8 Å². The van der Waals surface area contributed by atoms with E-state index in [-0.39, 0.29) is 40.8 Å². The third-order valence-electron chi connectivity index (χ3n) is 2.49. The van der Waals surface area contributed by atoms with E-state index < -0.39 is 0 Å². The number of nitrogens with one attached hydrogen (secondary N) is 1. The van der Waals surface area contributed by atoms with Gasteiger partial charge in [0.05, 0.1) is 0 Å². The number of thioether (sulfide) groups is 1. The van der Waals surface area contributed by atoms with Crippen LogP contribution in [0.15, 0.2) is 60.7 Å². The van der Waals surface area contributed by atoms with Gasteiger partial charge in [0.15, 0.2) is 0 Å². The van der Waals surface area contributed by atoms with E-state index in [2.05, 4.69) is 41.7 Å². The molecule has 0 aromatic heterocycles. The molecule has 0 heterocycles. The summed E-state index contributed by atoms with van der Waals surface area (Å²) in [4.78, 5) is 0. The SMILES string of the molecule is S=C(NCc1ccccc1)SCc1ccccc1.[Nd]. The number of rotatable bonds is 4. The quantitative estimate of drug-likeness (QED) is 0.756. The molecule has 0 atom stereocenters. The fourth-order valence-electron chi connectivity index (χ4n) is 1.54. The van der Waals surface area contributed by atoms with Gasteiger partial charge < -0.3 is 5.32 Å². The number of benzene rings is 2. The predicted molar refractivity (Wildman–Crippen MR) is 83.6 cm³/mol. The molecule has 0 aliphatic rings. The minimum atomic E-state index is 0. The maximum Gasteiger partial charge on any atom is 0.134 e. The molecule has 19 heavy (non-hydrogen) atoms. The van der Waals surface area contributed by atoms with Gasteiger partial charge in [-0.3, -0.25) is 0 Å². The Morgan fingerprint density at radius 2 is 1.42 bits per heavy atom. The summed E-state index contributed by atoms with van der Waals surface area (Å²) in [6.07, 6.45) is 0. The molecule has 1 N–H and O–H groups in total. The second-order valence-electron chi connectivity index (χ2n) is 3.90. The van der Waals surface area contributed by atoms with E-state index in [4.69, 9.17) is 12.2 Å². The van der Waals surface area contributed by atoms with Gasteiger partial charge in [0.2, 0.25) is 0 Å². The van der Waals surface area contributed by atoms with Crippen molar-refractivity contribution in [3.63, 3.8) is 0 Å². The molecule has 0 bridgehead atoms. The van der Waals surface area contributed by atoms with Gasteiger partial charge in [-0.2, -0.15) is 0 Å². The van der Waals surface area contributed by atoms with Crippen molar-refractivity contribution in [1.29, 1.82) is 0 Å². The summed E-state index contributed by atoms with van der Waals surface area (Å²) in [5.41, 5.74) is 2.55. The zero-order valence-corrected chi connectivity index (χ0v) is 15.3. The van der Waals surface area contributed by atoms with Crippen molar-refractivity contribution in [2.75, 3.05) is 0 Å². The predicted octanol–water partition coefficient (Wildman–Crippen LogP) is 3.99. The van der Waals surface area contributed by atoms with Crippen LogP contribution in [0.3, 0.4) is 0 Å². The summed E-state index contributed by atoms with van der Waals surface area (Å²) in [6.45, 7) is 0.793. The standard InChI is InChI=1S/C15H15NS2.Nd/c17-15(16-11-13-7-3-1-4-8-13)18-12-14-9-5-2-6-10-14;/h1-10H,11-12H2,(H,16,17);. The Balaban J connectivity index is 0.00000180. The van der Waals surface area contributed by atoms with Crippen LogP contribution in [0, 0.1) is 40.8 Å². The second kappa shape index (κ2) is 9.86. The summed E-state index contributed by atoms with van der Waals surface area (Å²) in [5.74, 6) is 0.918. The summed E-state index contributed by atoms with van der Waals surface area (Å²) in [7, 11) is 0. The third-order valence-corrected chi connectivity index (χ3v) is 3.87. The number of hydrogen-bond acceptors (Lipinski definition) is 2. The fraction of sp³-hybridized carbons (Fsp3) is 0.133. The maximum absolute atomic E-state index is 5.30. The topological polar surface area (TPSA) is 12.0 Å². The zero-order valence-electron chi connectivity index (χ0n) is 10.5. The first-order valence-electron chi connectivity index (χ1n) is 5.83. The molecule has 0 saturated carbocycles. The molecule has 96 valence electrons. The van der Waals surface area contributed by atoms with Crippen molar-refractivity contribution in [1.82, 2.24) is 5.32 Å². The molecular weight excluding hydrogens is 403 g/mol. The first-order valence-corrected chi connectivity index (χ1v) is 7.22. The molecule has 0 spiro atoms. The van der Waals surface area contributed by atoms with Crippen molar-refractivity contribution in [3.8, 4) is 0 Å². The maximum atomic E-state index is 5.30. The Kier molecular flexibility index (Phi) is 8.86. The van der Waals surface area contributed by atoms with E-state index in [1.54, 1.807) is 11.8 Å². The van der Waals surface area contributed by atoms with Crippen molar-refractivity contribution >= 4 is 28.3 Å². The molecule has 0 amide bonds. The Morgan fingerprint density at radius 1 is 0.895 bits per heavy atom. The van der Waals surface area contributed by atoms with Crippen LogP contribution in [-0.2, 0) is 12.3 Å². The molecule has 0 unspecified atom stereocenters. The smallest absolute Gasteiger partial charge is 0.134 e. The molecular formula is C15H15NNdS2. The first-order chi connectivity index (χ1) is 8.84. The van der Waals surface area contributed by atoms with Crippen LogP contribution in [0.4, 0.5) is 0 Å². The third kappa shape index (κ3) is 6.84. The van der Waals surface area contributed by atoms with Gasteiger partial charge >= 0.3 is 0 Å². The van der Waals surface area contributed by atoms with Gasteiger partial charge in [-0.05, 0) is 11.1 Å². The fourth-order valence-corrected chi connectivity index (χ4v) is 2.46. The Bertz CT molecular complexity index is 443. The summed E-state index contributed by atoms with van der Waals surface area (Å²) < 4.78 is 0.850. The van der Waals surface area contributed by atoms with E-state index in [1.807, 2.05) is 24.3 Å². The van der Waals surface area contributed by atoms with Crippen LogP contribution in [0.5, 0.6) is 0 Å². The van der Waals surface area contributed by atoms with Crippen LogP contribution in [-0.4, -0.2) is 4.32 Å².